The van der Waals surface area contributed by atoms with Gasteiger partial charge < -0.3 is 9.15 Å². The largest absolute Gasteiger partial charge is 0.485 e. The maximum absolute atomic E-state index is 12.3. The van der Waals surface area contributed by atoms with Crippen LogP contribution in [0.1, 0.15) is 10.4 Å². The van der Waals surface area contributed by atoms with Crippen LogP contribution in [-0.4, -0.2) is 12.4 Å². The Bertz CT molecular complexity index is 1190. The predicted molar refractivity (Wildman–Crippen MR) is 112 cm³/mol. The molecular weight excluding hydrogens is 420 g/mol. The van der Waals surface area contributed by atoms with Crippen molar-refractivity contribution in [1.82, 2.24) is 0 Å². The van der Waals surface area contributed by atoms with Crippen molar-refractivity contribution in [3.63, 3.8) is 0 Å². The molecule has 0 saturated carbocycles. The summed E-state index contributed by atoms with van der Waals surface area (Å²) in [6.45, 7) is -0.101. The lowest BCUT2D eigenvalue weighted by molar-refractivity contribution is 0.0921. The average Bonchev–Trinajstić information content (AvgIpc) is 2.72. The van der Waals surface area contributed by atoms with Gasteiger partial charge in [-0.2, -0.15) is 0 Å². The van der Waals surface area contributed by atoms with E-state index in [0.29, 0.717) is 16.9 Å². The Balaban J connectivity index is 1.60. The van der Waals surface area contributed by atoms with E-state index >= 15 is 0 Å². The van der Waals surface area contributed by atoms with Gasteiger partial charge in [-0.3, -0.25) is 4.79 Å². The molecule has 0 radical (unpaired) electrons. The molecule has 0 spiro atoms. The van der Waals surface area contributed by atoms with Crippen molar-refractivity contribution in [1.29, 1.82) is 0 Å². The van der Waals surface area contributed by atoms with E-state index in [1.165, 1.54) is 6.07 Å². The molecule has 0 N–H and O–H groups in total. The quantitative estimate of drug-likeness (QED) is 0.308. The number of halogens is 1. The van der Waals surface area contributed by atoms with E-state index in [1.54, 1.807) is 24.3 Å². The number of hydrogen-bond donors (Lipinski definition) is 0. The molecule has 0 saturated heterocycles. The van der Waals surface area contributed by atoms with Crippen molar-refractivity contribution in [3.05, 3.63) is 99.3 Å². The number of fused-ring (bicyclic) bond motifs is 1. The molecule has 138 valence electrons. The van der Waals surface area contributed by atoms with Gasteiger partial charge in [0.25, 0.3) is 0 Å². The highest BCUT2D eigenvalue weighted by molar-refractivity contribution is 9.10. The summed E-state index contributed by atoms with van der Waals surface area (Å²) in [5.41, 5.74) is 2.28. The van der Waals surface area contributed by atoms with Crippen molar-refractivity contribution in [2.45, 2.75) is 0 Å². The van der Waals surface area contributed by atoms with E-state index < -0.39 is 5.63 Å². The summed E-state index contributed by atoms with van der Waals surface area (Å²) >= 11 is 3.34. The Kier molecular flexibility index (Phi) is 5.08. The van der Waals surface area contributed by atoms with Gasteiger partial charge >= 0.3 is 5.63 Å². The van der Waals surface area contributed by atoms with Crippen LogP contribution in [0.25, 0.3) is 22.1 Å². The maximum atomic E-state index is 12.3. The van der Waals surface area contributed by atoms with Gasteiger partial charge in [0, 0.05) is 27.6 Å². The molecular formula is C23H15BrO4. The van der Waals surface area contributed by atoms with Gasteiger partial charge in [-0.25, -0.2) is 4.79 Å². The van der Waals surface area contributed by atoms with Crippen molar-refractivity contribution < 1.29 is 13.9 Å². The van der Waals surface area contributed by atoms with E-state index in [-0.39, 0.29) is 12.4 Å². The van der Waals surface area contributed by atoms with Crippen LogP contribution >= 0.6 is 15.9 Å². The molecule has 4 rings (SSSR count). The maximum Gasteiger partial charge on any atom is 0.336 e. The first kappa shape index (κ1) is 18.2. The lowest BCUT2D eigenvalue weighted by Crippen LogP contribution is -2.11. The molecule has 28 heavy (non-hydrogen) atoms. The lowest BCUT2D eigenvalue weighted by atomic mass is 10.0. The van der Waals surface area contributed by atoms with Gasteiger partial charge in [0.2, 0.25) is 0 Å². The summed E-state index contributed by atoms with van der Waals surface area (Å²) in [7, 11) is 0. The molecule has 0 aliphatic carbocycles. The molecule has 0 atom stereocenters. The molecule has 1 heterocycles. The van der Waals surface area contributed by atoms with Gasteiger partial charge in [-0.1, -0.05) is 58.4 Å². The van der Waals surface area contributed by atoms with Crippen molar-refractivity contribution in [3.8, 4) is 16.9 Å². The van der Waals surface area contributed by atoms with Gasteiger partial charge in [0.15, 0.2) is 12.4 Å². The lowest BCUT2D eigenvalue weighted by Gasteiger charge is -2.09. The Morgan fingerprint density at radius 3 is 2.43 bits per heavy atom. The minimum atomic E-state index is -0.436. The van der Waals surface area contributed by atoms with Gasteiger partial charge in [-0.05, 0) is 35.4 Å². The van der Waals surface area contributed by atoms with Crippen LogP contribution < -0.4 is 10.4 Å². The minimum absolute atomic E-state index is 0.101. The summed E-state index contributed by atoms with van der Waals surface area (Å²) in [6.07, 6.45) is 0. The third kappa shape index (κ3) is 3.89. The number of rotatable bonds is 5. The third-order valence-corrected chi connectivity index (χ3v) is 4.87. The molecule has 0 amide bonds. The summed E-state index contributed by atoms with van der Waals surface area (Å²) in [5, 5.41) is 0.803. The fourth-order valence-corrected chi connectivity index (χ4v) is 3.22. The van der Waals surface area contributed by atoms with Crippen LogP contribution in [0.4, 0.5) is 0 Å². The minimum Gasteiger partial charge on any atom is -0.485 e. The third-order valence-electron chi connectivity index (χ3n) is 4.34. The number of ketones is 1. The highest BCUT2D eigenvalue weighted by Crippen LogP contribution is 2.29. The number of ether oxygens (including phenoxy) is 1. The Hall–Kier alpha value is -3.18. The summed E-state index contributed by atoms with van der Waals surface area (Å²) in [5.74, 6) is 0.332. The monoisotopic (exact) mass is 434 g/mol. The molecule has 0 fully saturated rings. The van der Waals surface area contributed by atoms with Crippen LogP contribution in [-0.2, 0) is 0 Å². The molecule has 0 aliphatic rings. The molecule has 0 aliphatic heterocycles. The first-order valence-corrected chi connectivity index (χ1v) is 9.44. The van der Waals surface area contributed by atoms with E-state index in [9.17, 15) is 9.59 Å². The average molecular weight is 435 g/mol. The number of carbonyl (C=O) groups is 1. The zero-order valence-electron chi connectivity index (χ0n) is 14.7. The second-order valence-corrected chi connectivity index (χ2v) is 7.14. The molecule has 0 unspecified atom stereocenters. The van der Waals surface area contributed by atoms with Crippen molar-refractivity contribution in [2.24, 2.45) is 0 Å². The smallest absolute Gasteiger partial charge is 0.336 e. The predicted octanol–water partition coefficient (Wildman–Crippen LogP) is 5.48. The molecule has 4 aromatic rings. The molecule has 0 bridgehead atoms. The van der Waals surface area contributed by atoms with Crippen LogP contribution in [0.5, 0.6) is 5.75 Å². The summed E-state index contributed by atoms with van der Waals surface area (Å²) < 4.78 is 11.9. The second kappa shape index (κ2) is 7.82. The Morgan fingerprint density at radius 1 is 0.929 bits per heavy atom. The SMILES string of the molecule is O=C(COc1ccc2c(-c3ccccc3)cc(=O)oc2c1)c1ccc(Br)cc1. The van der Waals surface area contributed by atoms with E-state index in [4.69, 9.17) is 9.15 Å². The van der Waals surface area contributed by atoms with Crippen LogP contribution in [0.3, 0.4) is 0 Å². The Morgan fingerprint density at radius 2 is 1.68 bits per heavy atom. The first-order chi connectivity index (χ1) is 13.6. The number of hydrogen-bond acceptors (Lipinski definition) is 4. The van der Waals surface area contributed by atoms with Crippen LogP contribution in [0.15, 0.2) is 92.5 Å². The van der Waals surface area contributed by atoms with E-state index in [2.05, 4.69) is 15.9 Å². The molecule has 4 nitrogen and oxygen atoms in total. The van der Waals surface area contributed by atoms with Gasteiger partial charge in [0.1, 0.15) is 11.3 Å². The summed E-state index contributed by atoms with van der Waals surface area (Å²) in [6, 6.07) is 23.4. The van der Waals surface area contributed by atoms with E-state index in [0.717, 1.165) is 21.0 Å². The first-order valence-electron chi connectivity index (χ1n) is 8.65. The number of carbonyl (C=O) groups excluding carboxylic acids is 1. The fraction of sp³-hybridized carbons (Fsp3) is 0.0435. The fourth-order valence-electron chi connectivity index (χ4n) is 2.96. The zero-order chi connectivity index (χ0) is 19.5. The molecule has 5 heteroatoms. The Labute approximate surface area is 169 Å². The van der Waals surface area contributed by atoms with Crippen LogP contribution in [0.2, 0.25) is 0 Å². The van der Waals surface area contributed by atoms with Gasteiger partial charge in [-0.15, -0.1) is 0 Å². The topological polar surface area (TPSA) is 56.5 Å². The normalized spacial score (nSPS) is 10.8. The molecule has 3 aromatic carbocycles. The van der Waals surface area contributed by atoms with Crippen molar-refractivity contribution in [2.75, 3.05) is 6.61 Å². The highest BCUT2D eigenvalue weighted by atomic mass is 79.9. The zero-order valence-corrected chi connectivity index (χ0v) is 16.3. The van der Waals surface area contributed by atoms with Crippen molar-refractivity contribution >= 4 is 32.7 Å². The molecule has 1 aromatic heterocycles. The van der Waals surface area contributed by atoms with Crippen LogP contribution in [0, 0.1) is 0 Å². The number of benzene rings is 3. The van der Waals surface area contributed by atoms with Gasteiger partial charge in [0.05, 0.1) is 0 Å². The summed E-state index contributed by atoms with van der Waals surface area (Å²) in [4.78, 5) is 24.3. The second-order valence-electron chi connectivity index (χ2n) is 6.22. The highest BCUT2D eigenvalue weighted by Gasteiger charge is 2.11. The number of Topliss-reactive ketones (excluding diaryl/α,β-unsaturated/α-hetero) is 1. The van der Waals surface area contributed by atoms with E-state index in [1.807, 2.05) is 48.5 Å². The standard InChI is InChI=1S/C23H15BrO4/c24-17-8-6-16(7-9-17)21(25)14-27-18-10-11-19-20(15-4-2-1-3-5-15)13-23(26)28-22(19)12-18/h1-13H,14H2.